The SMILES string of the molecule is [2H]c1c([2H])c(C(F)(F)F)c([2H])c(C(=O)OC)c1Br. The molecule has 2 nitrogen and oxygen atoms in total. The summed E-state index contributed by atoms with van der Waals surface area (Å²) in [5.41, 5.74) is -2.35. The lowest BCUT2D eigenvalue weighted by Gasteiger charge is -2.09. The first-order valence-electron chi connectivity index (χ1n) is 5.07. The van der Waals surface area contributed by atoms with E-state index in [1.54, 1.807) is 0 Å². The second-order valence-corrected chi connectivity index (χ2v) is 3.22. The van der Waals surface area contributed by atoms with Crippen molar-refractivity contribution in [2.75, 3.05) is 7.11 Å². The van der Waals surface area contributed by atoms with E-state index in [9.17, 15) is 18.0 Å². The van der Waals surface area contributed by atoms with E-state index < -0.39 is 41.4 Å². The number of rotatable bonds is 1. The second-order valence-electron chi connectivity index (χ2n) is 2.43. The first kappa shape index (κ1) is 8.15. The number of carbonyl (C=O) groups excluding carboxylic acids is 1. The smallest absolute Gasteiger partial charge is 0.416 e. The van der Waals surface area contributed by atoms with Crippen LogP contribution in [0, 0.1) is 0 Å². The van der Waals surface area contributed by atoms with E-state index in [0.717, 1.165) is 7.11 Å². The van der Waals surface area contributed by atoms with Crippen molar-refractivity contribution in [1.82, 2.24) is 0 Å². The van der Waals surface area contributed by atoms with Gasteiger partial charge < -0.3 is 4.74 Å². The van der Waals surface area contributed by atoms with Gasteiger partial charge >= 0.3 is 12.1 Å². The fourth-order valence-electron chi connectivity index (χ4n) is 0.775. The van der Waals surface area contributed by atoms with Gasteiger partial charge in [-0.05, 0) is 34.1 Å². The molecule has 0 aliphatic heterocycles. The fraction of sp³-hybridized carbons (Fsp3) is 0.222. The Morgan fingerprint density at radius 1 is 1.53 bits per heavy atom. The summed E-state index contributed by atoms with van der Waals surface area (Å²) in [6.07, 6.45) is -4.99. The highest BCUT2D eigenvalue weighted by molar-refractivity contribution is 9.10. The van der Waals surface area contributed by atoms with Gasteiger partial charge in [0.1, 0.15) is 0 Å². The van der Waals surface area contributed by atoms with E-state index in [1.807, 2.05) is 0 Å². The van der Waals surface area contributed by atoms with E-state index >= 15 is 0 Å². The third-order valence-corrected chi connectivity index (χ3v) is 2.03. The molecule has 0 atom stereocenters. The maximum absolute atomic E-state index is 12.7. The first-order chi connectivity index (χ1) is 8.12. The van der Waals surface area contributed by atoms with Gasteiger partial charge in [0.05, 0.1) is 22.3 Å². The largest absolute Gasteiger partial charge is 0.465 e. The molecule has 0 unspecified atom stereocenters. The average molecular weight is 286 g/mol. The van der Waals surface area contributed by atoms with Gasteiger partial charge in [-0.25, -0.2) is 4.79 Å². The number of benzene rings is 1. The minimum absolute atomic E-state index is 0.364. The molecule has 0 spiro atoms. The molecule has 0 aliphatic rings. The monoisotopic (exact) mass is 285 g/mol. The quantitative estimate of drug-likeness (QED) is 0.741. The van der Waals surface area contributed by atoms with E-state index in [4.69, 9.17) is 4.11 Å². The van der Waals surface area contributed by atoms with Crippen LogP contribution in [0.25, 0.3) is 0 Å². The molecule has 1 aromatic carbocycles. The Morgan fingerprint density at radius 2 is 2.13 bits per heavy atom. The van der Waals surface area contributed by atoms with Crippen molar-refractivity contribution in [3.05, 3.63) is 33.7 Å². The molecule has 0 radical (unpaired) electrons. The number of hydrogen-bond donors (Lipinski definition) is 0. The summed E-state index contributed by atoms with van der Waals surface area (Å²) in [6.45, 7) is 0. The second kappa shape index (κ2) is 4.22. The average Bonchev–Trinajstić information content (AvgIpc) is 2.24. The molecule has 0 bridgehead atoms. The van der Waals surface area contributed by atoms with Crippen molar-refractivity contribution in [3.63, 3.8) is 0 Å². The fourth-order valence-corrected chi connectivity index (χ4v) is 1.14. The molecule has 0 heterocycles. The summed E-state index contributed by atoms with van der Waals surface area (Å²) in [5.74, 6) is -1.18. The Balaban J connectivity index is 3.77. The molecular weight excluding hydrogens is 277 g/mol. The lowest BCUT2D eigenvalue weighted by Crippen LogP contribution is -2.09. The highest BCUT2D eigenvalue weighted by atomic mass is 79.9. The number of esters is 1. The minimum Gasteiger partial charge on any atom is -0.465 e. The number of halogens is 4. The van der Waals surface area contributed by atoms with Crippen molar-refractivity contribution in [2.45, 2.75) is 6.18 Å². The highest BCUT2D eigenvalue weighted by Crippen LogP contribution is 2.31. The van der Waals surface area contributed by atoms with Gasteiger partial charge in [-0.1, -0.05) is 0 Å². The molecule has 0 aromatic heterocycles. The molecule has 0 N–H and O–H groups in total. The summed E-state index contributed by atoms with van der Waals surface area (Å²) in [7, 11) is 0.944. The zero-order valence-corrected chi connectivity index (χ0v) is 8.91. The predicted molar refractivity (Wildman–Crippen MR) is 50.5 cm³/mol. The van der Waals surface area contributed by atoms with Crippen molar-refractivity contribution in [1.29, 1.82) is 0 Å². The summed E-state index contributed by atoms with van der Waals surface area (Å²) >= 11 is 2.73. The van der Waals surface area contributed by atoms with Crippen LogP contribution in [-0.2, 0) is 10.9 Å². The van der Waals surface area contributed by atoms with Gasteiger partial charge in [-0.2, -0.15) is 13.2 Å². The lowest BCUT2D eigenvalue weighted by atomic mass is 10.1. The van der Waals surface area contributed by atoms with Gasteiger partial charge in [-0.15, -0.1) is 0 Å². The molecule has 82 valence electrons. The minimum atomic E-state index is -4.99. The van der Waals surface area contributed by atoms with E-state index in [2.05, 4.69) is 20.7 Å². The van der Waals surface area contributed by atoms with Crippen LogP contribution in [0.5, 0.6) is 0 Å². The Labute approximate surface area is 96.4 Å². The molecule has 1 aromatic rings. The third kappa shape index (κ3) is 2.71. The van der Waals surface area contributed by atoms with Crippen LogP contribution in [0.2, 0.25) is 0 Å². The van der Waals surface area contributed by atoms with Crippen LogP contribution in [0.1, 0.15) is 20.0 Å². The molecule has 0 fully saturated rings. The Kier molecular flexibility index (Phi) is 2.29. The maximum Gasteiger partial charge on any atom is 0.416 e. The zero-order chi connectivity index (χ0) is 14.2. The summed E-state index contributed by atoms with van der Waals surface area (Å²) in [5, 5.41) is 0. The van der Waals surface area contributed by atoms with Crippen LogP contribution >= 0.6 is 15.9 Å². The van der Waals surface area contributed by atoms with E-state index in [1.165, 1.54) is 0 Å². The molecule has 0 saturated carbocycles. The van der Waals surface area contributed by atoms with Crippen LogP contribution in [0.3, 0.4) is 0 Å². The van der Waals surface area contributed by atoms with Crippen molar-refractivity contribution >= 4 is 21.9 Å². The van der Waals surface area contributed by atoms with Gasteiger partial charge in [0.15, 0.2) is 0 Å². The summed E-state index contributed by atoms with van der Waals surface area (Å²) in [6, 6.07) is -3.16. The number of carbonyl (C=O) groups is 1. The number of methoxy groups -OCH3 is 1. The summed E-state index contributed by atoms with van der Waals surface area (Å²) < 4.78 is 63.9. The molecule has 0 amide bonds. The van der Waals surface area contributed by atoms with Crippen LogP contribution in [0.4, 0.5) is 13.2 Å². The highest BCUT2D eigenvalue weighted by Gasteiger charge is 2.31. The molecule has 1 rings (SSSR count). The number of hydrogen-bond acceptors (Lipinski definition) is 2. The number of ether oxygens (including phenoxy) is 1. The zero-order valence-electron chi connectivity index (χ0n) is 10.3. The standard InChI is InChI=1S/C9H6BrF3O2/c1-15-8(14)6-4-5(9(11,12)13)2-3-7(6)10/h2-4H,1H3/i2D,3D,4D. The van der Waals surface area contributed by atoms with E-state index in [-0.39, 0.29) is 4.47 Å². The van der Waals surface area contributed by atoms with Gasteiger partial charge in [0.2, 0.25) is 0 Å². The number of alkyl halides is 3. The predicted octanol–water partition coefficient (Wildman–Crippen LogP) is 3.25. The molecule has 15 heavy (non-hydrogen) atoms. The Morgan fingerprint density at radius 3 is 2.60 bits per heavy atom. The van der Waals surface area contributed by atoms with Gasteiger partial charge in [0, 0.05) is 4.47 Å². The molecule has 0 aliphatic carbocycles. The van der Waals surface area contributed by atoms with Gasteiger partial charge in [0.25, 0.3) is 0 Å². The topological polar surface area (TPSA) is 26.3 Å². The normalized spacial score (nSPS) is 14.1. The third-order valence-electron chi connectivity index (χ3n) is 1.44. The molecule has 6 heteroatoms. The van der Waals surface area contributed by atoms with Gasteiger partial charge in [-0.3, -0.25) is 0 Å². The maximum atomic E-state index is 12.7. The van der Waals surface area contributed by atoms with Crippen molar-refractivity contribution in [3.8, 4) is 0 Å². The van der Waals surface area contributed by atoms with Crippen molar-refractivity contribution < 1.29 is 26.8 Å². The Hall–Kier alpha value is -1.04. The Bertz CT molecular complexity index is 517. The molecule has 0 saturated heterocycles. The lowest BCUT2D eigenvalue weighted by molar-refractivity contribution is -0.137. The van der Waals surface area contributed by atoms with E-state index in [0.29, 0.717) is 0 Å². The van der Waals surface area contributed by atoms with Crippen molar-refractivity contribution in [2.24, 2.45) is 0 Å². The van der Waals surface area contributed by atoms with Crippen LogP contribution in [0.15, 0.2) is 22.6 Å². The van der Waals surface area contributed by atoms with Crippen LogP contribution in [-0.4, -0.2) is 13.1 Å². The van der Waals surface area contributed by atoms with Crippen LogP contribution < -0.4 is 0 Å². The first-order valence-corrected chi connectivity index (χ1v) is 4.37. The molecular formula is C9H6BrF3O2. The summed E-state index contributed by atoms with van der Waals surface area (Å²) in [4.78, 5) is 11.3.